The number of nitrogens with zero attached hydrogens (tertiary/aromatic N) is 5. The van der Waals surface area contributed by atoms with E-state index in [2.05, 4.69) is 9.97 Å². The molecule has 1 aliphatic heterocycles. The second-order valence-corrected chi connectivity index (χ2v) is 7.94. The van der Waals surface area contributed by atoms with Crippen LogP contribution in [0, 0.1) is 0 Å². The van der Waals surface area contributed by atoms with Crippen molar-refractivity contribution in [3.8, 4) is 17.1 Å². The number of pyridine rings is 1. The molecule has 32 heavy (non-hydrogen) atoms. The first-order chi connectivity index (χ1) is 15.5. The summed E-state index contributed by atoms with van der Waals surface area (Å²) >= 11 is 0. The van der Waals surface area contributed by atoms with E-state index in [4.69, 9.17) is 14.5 Å². The summed E-state index contributed by atoms with van der Waals surface area (Å²) in [6.45, 7) is 2.28. The summed E-state index contributed by atoms with van der Waals surface area (Å²) in [5, 5.41) is 9.60. The van der Waals surface area contributed by atoms with E-state index in [1.807, 2.05) is 54.2 Å². The van der Waals surface area contributed by atoms with Crippen molar-refractivity contribution in [3.63, 3.8) is 0 Å². The number of aliphatic hydroxyl groups is 1. The van der Waals surface area contributed by atoms with Gasteiger partial charge >= 0.3 is 0 Å². The van der Waals surface area contributed by atoms with Gasteiger partial charge in [-0.05, 0) is 18.2 Å². The average Bonchev–Trinajstić information content (AvgIpc) is 2.82. The van der Waals surface area contributed by atoms with E-state index in [9.17, 15) is 9.90 Å². The number of aliphatic hydroxyl groups excluding tert-OH is 1. The van der Waals surface area contributed by atoms with Crippen LogP contribution in [0.4, 0.5) is 5.69 Å². The highest BCUT2D eigenvalue weighted by atomic mass is 16.5. The van der Waals surface area contributed by atoms with Gasteiger partial charge in [0.2, 0.25) is 5.88 Å². The zero-order chi connectivity index (χ0) is 22.5. The molecule has 3 aromatic rings. The van der Waals surface area contributed by atoms with Crippen LogP contribution in [-0.4, -0.2) is 90.4 Å². The summed E-state index contributed by atoms with van der Waals surface area (Å²) in [4.78, 5) is 28.3. The number of ether oxygens (including phenoxy) is 2. The highest BCUT2D eigenvalue weighted by molar-refractivity contribution is 5.83. The molecule has 4 rings (SSSR count). The quantitative estimate of drug-likeness (QED) is 0.524. The summed E-state index contributed by atoms with van der Waals surface area (Å²) in [5.74, 6) is 0.399. The molecule has 0 unspecified atom stereocenters. The molecule has 1 fully saturated rings. The van der Waals surface area contributed by atoms with E-state index >= 15 is 0 Å². The average molecular weight is 438 g/mol. The van der Waals surface area contributed by atoms with E-state index < -0.39 is 6.10 Å². The minimum Gasteiger partial charge on any atom is -0.473 e. The molecule has 9 heteroatoms. The van der Waals surface area contributed by atoms with Crippen molar-refractivity contribution in [2.45, 2.75) is 12.2 Å². The lowest BCUT2D eigenvalue weighted by Crippen LogP contribution is -2.47. The SMILES string of the molecule is CN(C)c1ccc(-c2cc3nccnc3c(OC[C@@H]3CN(C[C@H](O)C=O)CCO3)n2)cc1. The molecule has 0 saturated carbocycles. The van der Waals surface area contributed by atoms with Crippen LogP contribution in [0.15, 0.2) is 42.7 Å². The van der Waals surface area contributed by atoms with Crippen molar-refractivity contribution in [2.75, 3.05) is 51.8 Å². The van der Waals surface area contributed by atoms with Crippen molar-refractivity contribution in [2.24, 2.45) is 0 Å². The van der Waals surface area contributed by atoms with Crippen LogP contribution in [-0.2, 0) is 9.53 Å². The van der Waals surface area contributed by atoms with Gasteiger partial charge in [-0.1, -0.05) is 12.1 Å². The van der Waals surface area contributed by atoms with Crippen LogP contribution < -0.4 is 9.64 Å². The maximum atomic E-state index is 10.7. The fraction of sp³-hybridized carbons (Fsp3) is 0.391. The van der Waals surface area contributed by atoms with E-state index in [0.29, 0.717) is 42.9 Å². The number of carbonyl (C=O) groups excluding carboxylic acids is 1. The minimum atomic E-state index is -0.994. The lowest BCUT2D eigenvalue weighted by atomic mass is 10.1. The lowest BCUT2D eigenvalue weighted by molar-refractivity contribution is -0.117. The number of hydrogen-bond donors (Lipinski definition) is 1. The molecule has 2 aromatic heterocycles. The molecule has 0 spiro atoms. The van der Waals surface area contributed by atoms with Crippen LogP contribution in [0.25, 0.3) is 22.3 Å². The molecule has 168 valence electrons. The Morgan fingerprint density at radius 1 is 1.28 bits per heavy atom. The molecule has 1 N–H and O–H groups in total. The van der Waals surface area contributed by atoms with Crippen molar-refractivity contribution in [3.05, 3.63) is 42.7 Å². The summed E-state index contributed by atoms with van der Waals surface area (Å²) in [5.41, 5.74) is 4.09. The highest BCUT2D eigenvalue weighted by Crippen LogP contribution is 2.28. The molecular formula is C23H27N5O4. The first-order valence-corrected chi connectivity index (χ1v) is 10.5. The molecule has 0 bridgehead atoms. The maximum absolute atomic E-state index is 10.7. The molecular weight excluding hydrogens is 410 g/mol. The van der Waals surface area contributed by atoms with Gasteiger partial charge in [0.25, 0.3) is 0 Å². The highest BCUT2D eigenvalue weighted by Gasteiger charge is 2.23. The number of anilines is 1. The van der Waals surface area contributed by atoms with Crippen molar-refractivity contribution >= 4 is 23.0 Å². The van der Waals surface area contributed by atoms with Gasteiger partial charge in [-0.25, -0.2) is 9.97 Å². The van der Waals surface area contributed by atoms with Gasteiger partial charge in [0.1, 0.15) is 25.1 Å². The smallest absolute Gasteiger partial charge is 0.242 e. The second kappa shape index (κ2) is 9.99. The molecule has 0 amide bonds. The molecule has 0 radical (unpaired) electrons. The van der Waals surface area contributed by atoms with E-state index in [-0.39, 0.29) is 19.3 Å². The standard InChI is InChI=1S/C23H27N5O4/c1-27(2)17-5-3-16(4-6-17)20-11-21-22(25-8-7-24-21)23(26-20)32-15-19-13-28(9-10-31-19)12-18(30)14-29/h3-8,11,14,18-19,30H,9-10,12-13,15H2,1-2H3/t18-,19-/m0/s1. The molecule has 1 aromatic carbocycles. The van der Waals surface area contributed by atoms with Gasteiger partial charge < -0.3 is 24.3 Å². The van der Waals surface area contributed by atoms with Crippen molar-refractivity contribution in [1.29, 1.82) is 0 Å². The number of aldehydes is 1. The predicted molar refractivity (Wildman–Crippen MR) is 121 cm³/mol. The van der Waals surface area contributed by atoms with Crippen molar-refractivity contribution in [1.82, 2.24) is 19.9 Å². The Labute approximate surface area is 186 Å². The fourth-order valence-electron chi connectivity index (χ4n) is 3.65. The third-order valence-electron chi connectivity index (χ3n) is 5.34. The number of morpholine rings is 1. The Morgan fingerprint density at radius 3 is 2.81 bits per heavy atom. The van der Waals surface area contributed by atoms with Gasteiger partial charge in [0, 0.05) is 57.4 Å². The van der Waals surface area contributed by atoms with E-state index in [1.54, 1.807) is 12.4 Å². The Bertz CT molecular complexity index is 1060. The molecule has 9 nitrogen and oxygen atoms in total. The first kappa shape index (κ1) is 22.1. The van der Waals surface area contributed by atoms with Gasteiger partial charge in [-0.15, -0.1) is 0 Å². The number of carbonyl (C=O) groups is 1. The number of rotatable bonds is 8. The summed E-state index contributed by atoms with van der Waals surface area (Å²) in [6.07, 6.45) is 2.60. The summed E-state index contributed by atoms with van der Waals surface area (Å²) in [6, 6.07) is 10.0. The fourth-order valence-corrected chi connectivity index (χ4v) is 3.65. The number of hydrogen-bond acceptors (Lipinski definition) is 9. The molecule has 3 heterocycles. The number of aromatic nitrogens is 3. The Balaban J connectivity index is 1.53. The molecule has 2 atom stereocenters. The Kier molecular flexibility index (Phi) is 6.89. The zero-order valence-electron chi connectivity index (χ0n) is 18.2. The topological polar surface area (TPSA) is 101 Å². The largest absolute Gasteiger partial charge is 0.473 e. The van der Waals surface area contributed by atoms with Crippen LogP contribution in [0.3, 0.4) is 0 Å². The number of β-amino-alcohol motifs (C(OH)–C–C–N with tert-alkyl or cyclic N) is 1. The maximum Gasteiger partial charge on any atom is 0.242 e. The normalized spacial score (nSPS) is 17.8. The van der Waals surface area contributed by atoms with Crippen LogP contribution >= 0.6 is 0 Å². The zero-order valence-corrected chi connectivity index (χ0v) is 18.2. The monoisotopic (exact) mass is 437 g/mol. The first-order valence-electron chi connectivity index (χ1n) is 10.5. The predicted octanol–water partition coefficient (Wildman–Crippen LogP) is 1.40. The summed E-state index contributed by atoms with van der Waals surface area (Å²) in [7, 11) is 4.00. The third kappa shape index (κ3) is 5.18. The third-order valence-corrected chi connectivity index (χ3v) is 5.34. The van der Waals surface area contributed by atoms with Crippen LogP contribution in [0.5, 0.6) is 5.88 Å². The second-order valence-electron chi connectivity index (χ2n) is 7.94. The van der Waals surface area contributed by atoms with Gasteiger partial charge in [0.15, 0.2) is 5.52 Å². The molecule has 1 saturated heterocycles. The number of benzene rings is 1. The van der Waals surface area contributed by atoms with E-state index in [1.165, 1.54) is 0 Å². The molecule has 0 aliphatic carbocycles. The Morgan fingerprint density at radius 2 is 2.06 bits per heavy atom. The Hall–Kier alpha value is -3.14. The molecule has 1 aliphatic rings. The van der Waals surface area contributed by atoms with E-state index in [0.717, 1.165) is 16.9 Å². The van der Waals surface area contributed by atoms with Crippen LogP contribution in [0.2, 0.25) is 0 Å². The minimum absolute atomic E-state index is 0.209. The van der Waals surface area contributed by atoms with Gasteiger partial charge in [0.05, 0.1) is 17.8 Å². The number of fused-ring (bicyclic) bond motifs is 1. The van der Waals surface area contributed by atoms with Crippen LogP contribution in [0.1, 0.15) is 0 Å². The van der Waals surface area contributed by atoms with Gasteiger partial charge in [-0.3, -0.25) is 9.88 Å². The lowest BCUT2D eigenvalue weighted by Gasteiger charge is -2.33. The summed E-state index contributed by atoms with van der Waals surface area (Å²) < 4.78 is 11.9. The van der Waals surface area contributed by atoms with Crippen molar-refractivity contribution < 1.29 is 19.4 Å². The van der Waals surface area contributed by atoms with Gasteiger partial charge in [-0.2, -0.15) is 0 Å².